The maximum absolute atomic E-state index is 3.66. The third kappa shape index (κ3) is 3.82. The van der Waals surface area contributed by atoms with Crippen molar-refractivity contribution in [2.45, 2.75) is 57.9 Å². The van der Waals surface area contributed by atoms with Crippen molar-refractivity contribution in [1.82, 2.24) is 5.32 Å². The molecule has 1 aromatic rings. The summed E-state index contributed by atoms with van der Waals surface area (Å²) in [5.74, 6) is 2.73. The van der Waals surface area contributed by atoms with Gasteiger partial charge in [0, 0.05) is 6.54 Å². The van der Waals surface area contributed by atoms with Crippen LogP contribution in [0.15, 0.2) is 24.3 Å². The lowest BCUT2D eigenvalue weighted by molar-refractivity contribution is 0.274. The van der Waals surface area contributed by atoms with Gasteiger partial charge in [0.15, 0.2) is 0 Å². The van der Waals surface area contributed by atoms with Crippen LogP contribution in [-0.2, 0) is 6.54 Å². The molecule has 0 radical (unpaired) electrons. The van der Waals surface area contributed by atoms with E-state index in [1.165, 1.54) is 50.6 Å². The maximum Gasteiger partial charge on any atom is 0.0205 e. The topological polar surface area (TPSA) is 12.0 Å². The van der Waals surface area contributed by atoms with Gasteiger partial charge >= 0.3 is 0 Å². The van der Waals surface area contributed by atoms with Crippen LogP contribution >= 0.6 is 0 Å². The van der Waals surface area contributed by atoms with Crippen LogP contribution in [0.5, 0.6) is 0 Å². The number of nitrogens with one attached hydrogen (secondary N) is 1. The molecule has 0 aliphatic heterocycles. The number of hydrogen-bond acceptors (Lipinski definition) is 1. The summed E-state index contributed by atoms with van der Waals surface area (Å²) < 4.78 is 0. The van der Waals surface area contributed by atoms with E-state index in [0.717, 1.165) is 24.3 Å². The quantitative estimate of drug-likeness (QED) is 0.820. The highest BCUT2D eigenvalue weighted by Gasteiger charge is 2.23. The third-order valence-corrected chi connectivity index (χ3v) is 4.84. The summed E-state index contributed by atoms with van der Waals surface area (Å²) in [6.07, 6.45) is 8.53. The van der Waals surface area contributed by atoms with Crippen LogP contribution in [0, 0.1) is 11.8 Å². The molecule has 2 aliphatic rings. The smallest absolute Gasteiger partial charge is 0.0205 e. The van der Waals surface area contributed by atoms with Crippen LogP contribution in [0.3, 0.4) is 0 Å². The van der Waals surface area contributed by atoms with E-state index in [2.05, 4.69) is 36.5 Å². The lowest BCUT2D eigenvalue weighted by atomic mass is 9.82. The molecular formula is C18H27N. The predicted octanol–water partition coefficient (Wildman–Crippen LogP) is 4.48. The van der Waals surface area contributed by atoms with Gasteiger partial charge in [-0.3, -0.25) is 0 Å². The Morgan fingerprint density at radius 1 is 1.05 bits per heavy atom. The van der Waals surface area contributed by atoms with E-state index >= 15 is 0 Å². The third-order valence-electron chi connectivity index (χ3n) is 4.84. The van der Waals surface area contributed by atoms with Gasteiger partial charge in [-0.25, -0.2) is 0 Å². The zero-order valence-corrected chi connectivity index (χ0v) is 12.2. The molecule has 0 spiro atoms. The highest BCUT2D eigenvalue weighted by molar-refractivity contribution is 5.27. The summed E-state index contributed by atoms with van der Waals surface area (Å²) in [5, 5.41) is 3.66. The van der Waals surface area contributed by atoms with E-state index < -0.39 is 0 Å². The Labute approximate surface area is 117 Å². The molecule has 3 rings (SSSR count). The lowest BCUT2D eigenvalue weighted by Crippen LogP contribution is -2.26. The largest absolute Gasteiger partial charge is 0.312 e. The summed E-state index contributed by atoms with van der Waals surface area (Å²) in [6.45, 7) is 4.65. The van der Waals surface area contributed by atoms with Crippen LogP contribution in [0.25, 0.3) is 0 Å². The van der Waals surface area contributed by atoms with Crippen molar-refractivity contribution < 1.29 is 0 Å². The summed E-state index contributed by atoms with van der Waals surface area (Å²) in [7, 11) is 0. The predicted molar refractivity (Wildman–Crippen MR) is 81.2 cm³/mol. The van der Waals surface area contributed by atoms with Crippen LogP contribution in [0.1, 0.15) is 62.5 Å². The molecular weight excluding hydrogens is 230 g/mol. The molecule has 2 saturated carbocycles. The first kappa shape index (κ1) is 13.2. The van der Waals surface area contributed by atoms with Crippen molar-refractivity contribution in [3.05, 3.63) is 35.4 Å². The molecule has 0 bridgehead atoms. The van der Waals surface area contributed by atoms with Crippen molar-refractivity contribution in [3.63, 3.8) is 0 Å². The van der Waals surface area contributed by atoms with Crippen molar-refractivity contribution >= 4 is 0 Å². The molecule has 2 aliphatic carbocycles. The molecule has 1 aromatic carbocycles. The van der Waals surface area contributed by atoms with Crippen LogP contribution in [-0.4, -0.2) is 6.54 Å². The maximum atomic E-state index is 3.66. The summed E-state index contributed by atoms with van der Waals surface area (Å²) in [5.41, 5.74) is 2.98. The molecule has 0 aromatic heterocycles. The Bertz CT molecular complexity index is 391. The minimum atomic E-state index is 0.880. The van der Waals surface area contributed by atoms with E-state index in [4.69, 9.17) is 0 Å². The van der Waals surface area contributed by atoms with Gasteiger partial charge in [-0.2, -0.15) is 0 Å². The minimum Gasteiger partial charge on any atom is -0.312 e. The molecule has 1 nitrogen and oxygen atoms in total. The van der Waals surface area contributed by atoms with Crippen molar-refractivity contribution in [2.24, 2.45) is 11.8 Å². The highest BCUT2D eigenvalue weighted by Crippen LogP contribution is 2.39. The highest BCUT2D eigenvalue weighted by atomic mass is 14.9. The second-order valence-corrected chi connectivity index (χ2v) is 6.78. The number of rotatable bonds is 5. The Balaban J connectivity index is 1.41. The van der Waals surface area contributed by atoms with E-state index in [1.54, 1.807) is 5.56 Å². The molecule has 104 valence electrons. The van der Waals surface area contributed by atoms with Crippen molar-refractivity contribution in [3.8, 4) is 0 Å². The van der Waals surface area contributed by atoms with Gasteiger partial charge in [0.1, 0.15) is 0 Å². The average molecular weight is 257 g/mol. The standard InChI is InChI=1S/C18H27N/c1-14-3-2-4-16(11-14)13-19-12-15-5-7-17(8-6-15)18-9-10-18/h5-8,14,16,18-19H,2-4,9-13H2,1H3. The molecule has 0 amide bonds. The molecule has 0 saturated heterocycles. The van der Waals surface area contributed by atoms with Gasteiger partial charge in [-0.05, 0) is 61.1 Å². The molecule has 2 atom stereocenters. The zero-order valence-electron chi connectivity index (χ0n) is 12.2. The van der Waals surface area contributed by atoms with E-state index in [1.807, 2.05) is 0 Å². The zero-order chi connectivity index (χ0) is 13.1. The van der Waals surface area contributed by atoms with Gasteiger partial charge in [-0.15, -0.1) is 0 Å². The van der Waals surface area contributed by atoms with Crippen molar-refractivity contribution in [2.75, 3.05) is 6.54 Å². The summed E-state index contributed by atoms with van der Waals surface area (Å²) in [4.78, 5) is 0. The monoisotopic (exact) mass is 257 g/mol. The Kier molecular flexibility index (Phi) is 4.22. The van der Waals surface area contributed by atoms with Gasteiger partial charge in [0.25, 0.3) is 0 Å². The first-order valence-electron chi connectivity index (χ1n) is 8.11. The lowest BCUT2D eigenvalue weighted by Gasteiger charge is -2.26. The van der Waals surface area contributed by atoms with Gasteiger partial charge in [-0.1, -0.05) is 44.0 Å². The molecule has 1 heteroatoms. The van der Waals surface area contributed by atoms with Gasteiger partial charge in [0.05, 0.1) is 0 Å². The SMILES string of the molecule is CC1CCCC(CNCc2ccc(C3CC3)cc2)C1. The summed E-state index contributed by atoms with van der Waals surface area (Å²) >= 11 is 0. The van der Waals surface area contributed by atoms with E-state index in [0.29, 0.717) is 0 Å². The average Bonchev–Trinajstić information content (AvgIpc) is 3.24. The normalized spacial score (nSPS) is 27.4. The second kappa shape index (κ2) is 6.09. The van der Waals surface area contributed by atoms with Gasteiger partial charge < -0.3 is 5.32 Å². The van der Waals surface area contributed by atoms with Crippen LogP contribution in [0.4, 0.5) is 0 Å². The Hall–Kier alpha value is -0.820. The van der Waals surface area contributed by atoms with Crippen LogP contribution < -0.4 is 5.32 Å². The number of benzene rings is 1. The minimum absolute atomic E-state index is 0.880. The molecule has 19 heavy (non-hydrogen) atoms. The molecule has 2 unspecified atom stereocenters. The first-order valence-corrected chi connectivity index (χ1v) is 8.11. The molecule has 0 heterocycles. The van der Waals surface area contributed by atoms with E-state index in [9.17, 15) is 0 Å². The van der Waals surface area contributed by atoms with Gasteiger partial charge in [0.2, 0.25) is 0 Å². The first-order chi connectivity index (χ1) is 9.31. The fourth-order valence-electron chi connectivity index (χ4n) is 3.49. The molecule has 2 fully saturated rings. The van der Waals surface area contributed by atoms with Crippen molar-refractivity contribution in [1.29, 1.82) is 0 Å². The molecule has 1 N–H and O–H groups in total. The van der Waals surface area contributed by atoms with Crippen LogP contribution in [0.2, 0.25) is 0 Å². The summed E-state index contributed by atoms with van der Waals surface area (Å²) in [6, 6.07) is 9.28. The fraction of sp³-hybridized carbons (Fsp3) is 0.667. The fourth-order valence-corrected chi connectivity index (χ4v) is 3.49. The Morgan fingerprint density at radius 3 is 2.53 bits per heavy atom. The number of hydrogen-bond donors (Lipinski definition) is 1. The Morgan fingerprint density at radius 2 is 1.84 bits per heavy atom. The second-order valence-electron chi connectivity index (χ2n) is 6.78. The van der Waals surface area contributed by atoms with E-state index in [-0.39, 0.29) is 0 Å².